The highest BCUT2D eigenvalue weighted by Crippen LogP contribution is 2.11. The summed E-state index contributed by atoms with van der Waals surface area (Å²) in [6, 6.07) is 0. The summed E-state index contributed by atoms with van der Waals surface area (Å²) in [5, 5.41) is -0.223. The van der Waals surface area contributed by atoms with Crippen LogP contribution in [0.5, 0.6) is 0 Å². The first-order valence-electron chi connectivity index (χ1n) is 6.07. The Bertz CT molecular complexity index is 160. The Hall–Kier alpha value is -0.180. The van der Waals surface area contributed by atoms with Crippen molar-refractivity contribution in [3.63, 3.8) is 0 Å². The largest absolute Gasteiger partial charge is 0.465 e. The Morgan fingerprint density at radius 2 is 1.80 bits per heavy atom. The highest BCUT2D eigenvalue weighted by atomic mass is 32.1. The second-order valence-electron chi connectivity index (χ2n) is 3.89. The molecule has 0 aromatic heterocycles. The summed E-state index contributed by atoms with van der Waals surface area (Å²) in [5.41, 5.74) is 0. The van der Waals surface area contributed by atoms with Crippen LogP contribution in [-0.2, 0) is 9.53 Å². The molecule has 1 unspecified atom stereocenters. The van der Waals surface area contributed by atoms with Crippen molar-refractivity contribution in [1.29, 1.82) is 0 Å². The standard InChI is InChI=1S/C12H24O2S/c1-3-5-7-8-9-11(15)12(13)14-10-6-4-2/h11,15H,3-10H2,1-2H3. The average molecular weight is 232 g/mol. The maximum Gasteiger partial charge on any atom is 0.318 e. The van der Waals surface area contributed by atoms with Crippen molar-refractivity contribution >= 4 is 18.6 Å². The molecule has 90 valence electrons. The quantitative estimate of drug-likeness (QED) is 0.373. The molecule has 2 nitrogen and oxygen atoms in total. The number of ether oxygens (including phenoxy) is 1. The second kappa shape index (κ2) is 10.3. The first-order chi connectivity index (χ1) is 7.22. The summed E-state index contributed by atoms with van der Waals surface area (Å²) in [6.45, 7) is 4.80. The van der Waals surface area contributed by atoms with Gasteiger partial charge in [0.05, 0.1) is 11.9 Å². The van der Waals surface area contributed by atoms with Crippen molar-refractivity contribution in [2.24, 2.45) is 0 Å². The molecule has 0 radical (unpaired) electrons. The van der Waals surface area contributed by atoms with E-state index in [1.165, 1.54) is 19.3 Å². The minimum absolute atomic E-state index is 0.150. The SMILES string of the molecule is CCCCCCC(S)C(=O)OCCCC. The van der Waals surface area contributed by atoms with Gasteiger partial charge in [0.25, 0.3) is 0 Å². The number of carbonyl (C=O) groups excluding carboxylic acids is 1. The van der Waals surface area contributed by atoms with Gasteiger partial charge in [-0.15, -0.1) is 0 Å². The molecule has 0 saturated heterocycles. The molecule has 0 amide bonds. The summed E-state index contributed by atoms with van der Waals surface area (Å²) < 4.78 is 5.09. The highest BCUT2D eigenvalue weighted by molar-refractivity contribution is 7.81. The Balaban J connectivity index is 3.42. The van der Waals surface area contributed by atoms with Gasteiger partial charge >= 0.3 is 5.97 Å². The lowest BCUT2D eigenvalue weighted by molar-refractivity contribution is -0.143. The summed E-state index contributed by atoms with van der Waals surface area (Å²) in [4.78, 5) is 11.4. The number of unbranched alkanes of at least 4 members (excludes halogenated alkanes) is 4. The van der Waals surface area contributed by atoms with E-state index in [1.54, 1.807) is 0 Å². The van der Waals surface area contributed by atoms with Gasteiger partial charge in [0, 0.05) is 0 Å². The summed E-state index contributed by atoms with van der Waals surface area (Å²) in [5.74, 6) is -0.150. The molecule has 0 fully saturated rings. The average Bonchev–Trinajstić information content (AvgIpc) is 2.24. The molecule has 0 aromatic rings. The third kappa shape index (κ3) is 8.79. The number of hydrogen-bond donors (Lipinski definition) is 1. The smallest absolute Gasteiger partial charge is 0.318 e. The van der Waals surface area contributed by atoms with Gasteiger partial charge in [0.2, 0.25) is 0 Å². The van der Waals surface area contributed by atoms with Crippen LogP contribution in [0.3, 0.4) is 0 Å². The predicted molar refractivity (Wildman–Crippen MR) is 67.4 cm³/mol. The fraction of sp³-hybridized carbons (Fsp3) is 0.917. The molecule has 0 aliphatic heterocycles. The molecule has 0 bridgehead atoms. The number of hydrogen-bond acceptors (Lipinski definition) is 3. The number of rotatable bonds is 9. The number of carbonyl (C=O) groups is 1. The van der Waals surface area contributed by atoms with E-state index in [1.807, 2.05) is 0 Å². The zero-order valence-corrected chi connectivity index (χ0v) is 10.9. The summed E-state index contributed by atoms with van der Waals surface area (Å²) in [6.07, 6.45) is 7.57. The summed E-state index contributed by atoms with van der Waals surface area (Å²) in [7, 11) is 0. The van der Waals surface area contributed by atoms with E-state index in [2.05, 4.69) is 26.5 Å². The van der Waals surface area contributed by atoms with Crippen LogP contribution in [0.1, 0.15) is 58.8 Å². The third-order valence-corrected chi connectivity index (χ3v) is 2.81. The minimum atomic E-state index is -0.223. The lowest BCUT2D eigenvalue weighted by Crippen LogP contribution is -2.18. The van der Waals surface area contributed by atoms with Crippen molar-refractivity contribution in [3.8, 4) is 0 Å². The van der Waals surface area contributed by atoms with E-state index in [0.717, 1.165) is 25.7 Å². The molecule has 0 aliphatic carbocycles. The van der Waals surface area contributed by atoms with Gasteiger partial charge in [-0.3, -0.25) is 4.79 Å². The maximum atomic E-state index is 11.4. The Labute approximate surface area is 99.2 Å². The normalized spacial score (nSPS) is 12.5. The van der Waals surface area contributed by atoms with Gasteiger partial charge in [0.1, 0.15) is 0 Å². The van der Waals surface area contributed by atoms with Gasteiger partial charge < -0.3 is 4.74 Å². The monoisotopic (exact) mass is 232 g/mol. The van der Waals surface area contributed by atoms with Gasteiger partial charge in [-0.25, -0.2) is 0 Å². The van der Waals surface area contributed by atoms with Crippen LogP contribution < -0.4 is 0 Å². The highest BCUT2D eigenvalue weighted by Gasteiger charge is 2.14. The number of thiol groups is 1. The van der Waals surface area contributed by atoms with E-state index in [4.69, 9.17) is 4.74 Å². The molecule has 3 heteroatoms. The van der Waals surface area contributed by atoms with Crippen LogP contribution in [0.2, 0.25) is 0 Å². The number of esters is 1. The van der Waals surface area contributed by atoms with E-state index in [9.17, 15) is 4.79 Å². The van der Waals surface area contributed by atoms with Crippen molar-refractivity contribution < 1.29 is 9.53 Å². The van der Waals surface area contributed by atoms with Crippen LogP contribution in [-0.4, -0.2) is 17.8 Å². The zero-order valence-electron chi connectivity index (χ0n) is 10.00. The predicted octanol–water partition coefficient (Wildman–Crippen LogP) is 3.60. The van der Waals surface area contributed by atoms with Gasteiger partial charge in [-0.05, 0) is 12.8 Å². The first kappa shape index (κ1) is 14.8. The molecule has 0 saturated carbocycles. The van der Waals surface area contributed by atoms with Crippen LogP contribution in [0.25, 0.3) is 0 Å². The van der Waals surface area contributed by atoms with Crippen molar-refractivity contribution in [1.82, 2.24) is 0 Å². The van der Waals surface area contributed by atoms with Crippen molar-refractivity contribution in [3.05, 3.63) is 0 Å². The molecule has 0 spiro atoms. The molecule has 0 N–H and O–H groups in total. The topological polar surface area (TPSA) is 26.3 Å². The van der Waals surface area contributed by atoms with Crippen LogP contribution in [0, 0.1) is 0 Å². The van der Waals surface area contributed by atoms with Gasteiger partial charge in [-0.2, -0.15) is 12.6 Å². The van der Waals surface area contributed by atoms with Crippen molar-refractivity contribution in [2.45, 2.75) is 64.0 Å². The van der Waals surface area contributed by atoms with E-state index < -0.39 is 0 Å². The van der Waals surface area contributed by atoms with Crippen LogP contribution >= 0.6 is 12.6 Å². The van der Waals surface area contributed by atoms with E-state index in [0.29, 0.717) is 6.61 Å². The first-order valence-corrected chi connectivity index (χ1v) is 6.58. The van der Waals surface area contributed by atoms with Crippen LogP contribution in [0.15, 0.2) is 0 Å². The molecular formula is C12H24O2S. The Kier molecular flexibility index (Phi) is 10.2. The molecular weight excluding hydrogens is 208 g/mol. The third-order valence-electron chi connectivity index (χ3n) is 2.35. The fourth-order valence-corrected chi connectivity index (χ4v) is 1.55. The zero-order chi connectivity index (χ0) is 11.5. The molecule has 0 heterocycles. The fourth-order valence-electron chi connectivity index (χ4n) is 1.30. The molecule has 15 heavy (non-hydrogen) atoms. The molecule has 0 aliphatic rings. The van der Waals surface area contributed by atoms with Crippen molar-refractivity contribution in [2.75, 3.05) is 6.61 Å². The van der Waals surface area contributed by atoms with E-state index >= 15 is 0 Å². The Morgan fingerprint density at radius 3 is 2.40 bits per heavy atom. The van der Waals surface area contributed by atoms with Gasteiger partial charge in [-0.1, -0.05) is 46.0 Å². The molecule has 1 atom stereocenters. The molecule has 0 aromatic carbocycles. The maximum absolute atomic E-state index is 11.4. The lowest BCUT2D eigenvalue weighted by Gasteiger charge is -2.10. The lowest BCUT2D eigenvalue weighted by atomic mass is 10.1. The summed E-state index contributed by atoms with van der Waals surface area (Å²) >= 11 is 4.25. The van der Waals surface area contributed by atoms with Gasteiger partial charge in [0.15, 0.2) is 0 Å². The Morgan fingerprint density at radius 1 is 1.13 bits per heavy atom. The second-order valence-corrected chi connectivity index (χ2v) is 4.51. The molecule has 0 rings (SSSR count). The minimum Gasteiger partial charge on any atom is -0.465 e. The van der Waals surface area contributed by atoms with Crippen LogP contribution in [0.4, 0.5) is 0 Å². The van der Waals surface area contributed by atoms with E-state index in [-0.39, 0.29) is 11.2 Å².